The molecule has 2 bridgehead atoms. The number of hydrogen-bond acceptors (Lipinski definition) is 3. The Morgan fingerprint density at radius 3 is 2.30 bits per heavy atom. The zero-order valence-electron chi connectivity index (χ0n) is 16.4. The molecule has 3 amide bonds. The first-order valence-electron chi connectivity index (χ1n) is 9.40. The summed E-state index contributed by atoms with van der Waals surface area (Å²) in [6, 6.07) is -0.325. The first-order valence-corrected chi connectivity index (χ1v) is 9.40. The molecule has 0 fully saturated rings. The van der Waals surface area contributed by atoms with Crippen LogP contribution in [-0.2, 0) is 0 Å². The second-order valence-electron chi connectivity index (χ2n) is 6.65. The molecule has 5 nitrogen and oxygen atoms in total. The van der Waals surface area contributed by atoms with Gasteiger partial charge in [0.15, 0.2) is 5.56 Å². The summed E-state index contributed by atoms with van der Waals surface area (Å²) in [7, 11) is -6.00. The molecule has 0 saturated heterocycles. The van der Waals surface area contributed by atoms with Gasteiger partial charge in [-0.15, -0.1) is 0 Å². The van der Waals surface area contributed by atoms with Crippen LogP contribution in [0.4, 0.5) is 22.1 Å². The lowest BCUT2D eigenvalue weighted by atomic mass is 9.99. The van der Waals surface area contributed by atoms with Crippen molar-refractivity contribution in [3.63, 3.8) is 0 Å². The first kappa shape index (κ1) is 21.5. The maximum absolute atomic E-state index is 12.9. The van der Waals surface area contributed by atoms with E-state index < -0.39 is 7.25 Å². The van der Waals surface area contributed by atoms with Crippen LogP contribution >= 0.6 is 0 Å². The fraction of sp³-hybridized carbons (Fsp3) is 0.250. The van der Waals surface area contributed by atoms with E-state index in [0.29, 0.717) is 29.6 Å². The van der Waals surface area contributed by atoms with E-state index in [2.05, 4.69) is 6.08 Å². The van der Waals surface area contributed by atoms with Gasteiger partial charge in [0.2, 0.25) is 0 Å². The second-order valence-corrected chi connectivity index (χ2v) is 6.65. The van der Waals surface area contributed by atoms with Crippen LogP contribution in [0.3, 0.4) is 0 Å². The average Bonchev–Trinajstić information content (AvgIpc) is 2.82. The lowest BCUT2D eigenvalue weighted by Crippen LogP contribution is -2.54. The normalized spacial score (nSPS) is 17.5. The molecule has 0 saturated carbocycles. The lowest BCUT2D eigenvalue weighted by Gasteiger charge is -2.15. The number of rotatable bonds is 2. The fourth-order valence-corrected chi connectivity index (χ4v) is 3.41. The van der Waals surface area contributed by atoms with Gasteiger partial charge in [0.05, 0.1) is 13.1 Å². The third kappa shape index (κ3) is 4.37. The molecule has 0 atom stereocenters. The predicted octanol–water partition coefficient (Wildman–Crippen LogP) is 3.31. The molecule has 2 aliphatic carbocycles. The first-order chi connectivity index (χ1) is 14.1. The van der Waals surface area contributed by atoms with E-state index in [1.165, 1.54) is 9.48 Å². The van der Waals surface area contributed by atoms with Crippen LogP contribution in [0.25, 0.3) is 12.2 Å². The van der Waals surface area contributed by atoms with E-state index in [-0.39, 0.29) is 11.9 Å². The summed E-state index contributed by atoms with van der Waals surface area (Å²) >= 11 is 0. The van der Waals surface area contributed by atoms with Gasteiger partial charge >= 0.3 is 24.7 Å². The lowest BCUT2D eigenvalue weighted by molar-refractivity contribution is 0.0779. The Hall–Kier alpha value is -3.17. The number of hydrogen-bond donors (Lipinski definition) is 0. The van der Waals surface area contributed by atoms with Crippen molar-refractivity contribution in [1.29, 1.82) is 0 Å². The Labute approximate surface area is 169 Å². The van der Waals surface area contributed by atoms with E-state index in [9.17, 15) is 26.9 Å². The number of imide groups is 1. The number of urea groups is 1. The van der Waals surface area contributed by atoms with Gasteiger partial charge in [0.25, 0.3) is 0 Å². The van der Waals surface area contributed by atoms with Crippen molar-refractivity contribution in [3.8, 4) is 0 Å². The van der Waals surface area contributed by atoms with Crippen LogP contribution in [-0.4, -0.2) is 37.2 Å². The summed E-state index contributed by atoms with van der Waals surface area (Å²) < 4.78 is 46.5. The van der Waals surface area contributed by atoms with Crippen LogP contribution in [0.2, 0.25) is 0 Å². The molecule has 1 aromatic heterocycles. The van der Waals surface area contributed by atoms with E-state index in [0.717, 1.165) is 23.1 Å². The van der Waals surface area contributed by atoms with Crippen molar-refractivity contribution in [3.05, 3.63) is 63.6 Å². The topological polar surface area (TPSA) is 53.5 Å². The summed E-state index contributed by atoms with van der Waals surface area (Å²) in [5.41, 5.74) is 4.45. The van der Waals surface area contributed by atoms with Gasteiger partial charge in [-0.3, -0.25) is 0 Å². The molecule has 3 aliphatic rings. The van der Waals surface area contributed by atoms with Crippen molar-refractivity contribution in [1.82, 2.24) is 9.48 Å². The summed E-state index contributed by atoms with van der Waals surface area (Å²) in [6.07, 6.45) is 14.8. The Morgan fingerprint density at radius 1 is 1.07 bits per heavy atom. The highest BCUT2D eigenvalue weighted by Gasteiger charge is 2.42. The molecule has 4 rings (SSSR count). The predicted molar refractivity (Wildman–Crippen MR) is 105 cm³/mol. The SMILES string of the molecule is CCN1C(=O)c2c3c(oc2=[N+](CC)C1=O)=CC1=CC=CC=C(C=C3)C1.F[B-](F)(F)F. The minimum atomic E-state index is -6.00. The maximum atomic E-state index is 12.9. The van der Waals surface area contributed by atoms with Gasteiger partial charge in [-0.25, -0.2) is 4.79 Å². The van der Waals surface area contributed by atoms with Crippen LogP contribution in [0, 0.1) is 0 Å². The Balaban J connectivity index is 0.000000461. The summed E-state index contributed by atoms with van der Waals surface area (Å²) in [6.45, 7) is 4.46. The zero-order chi connectivity index (χ0) is 22.1. The molecular formula is C20H19BF4N2O3. The van der Waals surface area contributed by atoms with E-state index in [1.54, 1.807) is 6.92 Å². The van der Waals surface area contributed by atoms with E-state index in [1.807, 2.05) is 43.4 Å². The molecule has 2 heterocycles. The molecule has 158 valence electrons. The third-order valence-corrected chi connectivity index (χ3v) is 4.67. The molecule has 1 aromatic rings. The van der Waals surface area contributed by atoms with Crippen molar-refractivity contribution in [2.24, 2.45) is 0 Å². The fourth-order valence-electron chi connectivity index (χ4n) is 3.41. The molecule has 0 aromatic carbocycles. The number of allylic oxidation sites excluding steroid dienone is 7. The highest BCUT2D eigenvalue weighted by atomic mass is 19.5. The number of amides is 3. The number of carbonyl (C=O) groups is 2. The summed E-state index contributed by atoms with van der Waals surface area (Å²) in [5, 5.41) is 0. The summed E-state index contributed by atoms with van der Waals surface area (Å²) in [4.78, 5) is 26.7. The van der Waals surface area contributed by atoms with Gasteiger partial charge in [-0.2, -0.15) is 14.3 Å². The highest BCUT2D eigenvalue weighted by molar-refractivity contribution is 6.50. The smallest absolute Gasteiger partial charge is 0.422 e. The Kier molecular flexibility index (Phi) is 5.95. The number of fused-ring (bicyclic) bond motifs is 5. The molecule has 1 aliphatic heterocycles. The quantitative estimate of drug-likeness (QED) is 0.418. The van der Waals surface area contributed by atoms with Crippen molar-refractivity contribution in [2.75, 3.05) is 13.1 Å². The van der Waals surface area contributed by atoms with E-state index in [4.69, 9.17) is 4.42 Å². The van der Waals surface area contributed by atoms with Gasteiger partial charge in [-0.1, -0.05) is 30.4 Å². The van der Waals surface area contributed by atoms with Gasteiger partial charge in [0.1, 0.15) is 5.42 Å². The zero-order valence-corrected chi connectivity index (χ0v) is 16.4. The largest absolute Gasteiger partial charge is 0.673 e. The highest BCUT2D eigenvalue weighted by Crippen LogP contribution is 2.22. The Bertz CT molecular complexity index is 1130. The van der Waals surface area contributed by atoms with Crippen LogP contribution in [0.15, 0.2) is 45.9 Å². The van der Waals surface area contributed by atoms with Gasteiger partial charge < -0.3 is 21.7 Å². The molecule has 0 radical (unpaired) electrons. The van der Waals surface area contributed by atoms with Crippen molar-refractivity contribution >= 4 is 31.3 Å². The standard InChI is InChI=1S/C20H19N2O3.BF4/c1-3-21-18(23)17-15-10-9-13-7-5-6-8-14(11-13)12-16(15)25-19(17)22(4-2)20(21)24;2-1(3,4)5/h5-10,12H,3-4,11H2,1-2H3;/q+1;-1. The second kappa shape index (κ2) is 8.29. The molecule has 10 heteroatoms. The van der Waals surface area contributed by atoms with E-state index >= 15 is 0 Å². The third-order valence-electron chi connectivity index (χ3n) is 4.67. The number of furan rings is 1. The molecule has 0 unspecified atom stereocenters. The average molecular weight is 422 g/mol. The van der Waals surface area contributed by atoms with Crippen LogP contribution in [0.1, 0.15) is 36.2 Å². The van der Waals surface area contributed by atoms with Crippen LogP contribution in [0.5, 0.6) is 0 Å². The van der Waals surface area contributed by atoms with Crippen LogP contribution < -0.4 is 15.5 Å². The Morgan fingerprint density at radius 2 is 1.70 bits per heavy atom. The minimum Gasteiger partial charge on any atom is -0.422 e. The molecule has 0 spiro atoms. The van der Waals surface area contributed by atoms with Crippen molar-refractivity contribution < 1.29 is 31.3 Å². The molecule has 30 heavy (non-hydrogen) atoms. The minimum absolute atomic E-state index is 0.292. The number of halogens is 4. The van der Waals surface area contributed by atoms with Gasteiger partial charge in [-0.05, 0) is 43.6 Å². The number of nitrogens with zero attached hydrogens (tertiary/aromatic N) is 2. The molecular weight excluding hydrogens is 403 g/mol. The summed E-state index contributed by atoms with van der Waals surface area (Å²) in [5.74, 6) is -0.292. The molecule has 0 N–H and O–H groups in total. The number of carbonyl (C=O) groups excluding carboxylic acids is 2. The maximum Gasteiger partial charge on any atom is 0.673 e. The van der Waals surface area contributed by atoms with Crippen molar-refractivity contribution in [2.45, 2.75) is 20.3 Å². The van der Waals surface area contributed by atoms with Gasteiger partial charge in [0, 0.05) is 5.56 Å². The monoisotopic (exact) mass is 422 g/mol.